The SMILES string of the molecule is CC1=Cc2c(ccc(Oc3ncnc4cc(C)c(C)cc34)c2F)C1. The van der Waals surface area contributed by atoms with Crippen molar-refractivity contribution in [2.24, 2.45) is 0 Å². The predicted octanol–water partition coefficient (Wildman–Crippen LogP) is 5.14. The molecule has 24 heavy (non-hydrogen) atoms. The van der Waals surface area contributed by atoms with E-state index in [9.17, 15) is 4.39 Å². The Hall–Kier alpha value is -2.75. The molecule has 0 aliphatic heterocycles. The van der Waals surface area contributed by atoms with Gasteiger partial charge in [0.2, 0.25) is 5.88 Å². The first-order chi connectivity index (χ1) is 11.5. The lowest BCUT2D eigenvalue weighted by Gasteiger charge is -2.11. The van der Waals surface area contributed by atoms with Gasteiger partial charge >= 0.3 is 0 Å². The van der Waals surface area contributed by atoms with Gasteiger partial charge in [-0.25, -0.2) is 14.4 Å². The number of benzene rings is 2. The Balaban J connectivity index is 1.81. The molecule has 3 aromatic rings. The average molecular weight is 320 g/mol. The van der Waals surface area contributed by atoms with E-state index in [1.54, 1.807) is 6.07 Å². The predicted molar refractivity (Wildman–Crippen MR) is 92.8 cm³/mol. The van der Waals surface area contributed by atoms with Crippen molar-refractivity contribution in [1.29, 1.82) is 0 Å². The second-order valence-electron chi connectivity index (χ2n) is 6.35. The molecule has 1 aliphatic rings. The summed E-state index contributed by atoms with van der Waals surface area (Å²) in [5, 5.41) is 0.784. The van der Waals surface area contributed by atoms with Crippen LogP contribution in [0, 0.1) is 19.7 Å². The third kappa shape index (κ3) is 2.35. The Bertz CT molecular complexity index is 1010. The summed E-state index contributed by atoms with van der Waals surface area (Å²) in [6.45, 7) is 6.06. The van der Waals surface area contributed by atoms with Gasteiger partial charge in [0.15, 0.2) is 11.6 Å². The van der Waals surface area contributed by atoms with Gasteiger partial charge < -0.3 is 4.74 Å². The first-order valence-corrected chi connectivity index (χ1v) is 7.91. The number of ether oxygens (including phenoxy) is 1. The molecule has 3 nitrogen and oxygen atoms in total. The summed E-state index contributed by atoms with van der Waals surface area (Å²) in [5.74, 6) is 0.235. The lowest BCUT2D eigenvalue weighted by atomic mass is 10.1. The first kappa shape index (κ1) is 14.8. The van der Waals surface area contributed by atoms with Crippen molar-refractivity contribution in [2.75, 3.05) is 0 Å². The van der Waals surface area contributed by atoms with Crippen LogP contribution in [0.4, 0.5) is 4.39 Å². The summed E-state index contributed by atoms with van der Waals surface area (Å²) >= 11 is 0. The van der Waals surface area contributed by atoms with Gasteiger partial charge in [-0.15, -0.1) is 0 Å². The van der Waals surface area contributed by atoms with Gasteiger partial charge in [-0.1, -0.05) is 17.7 Å². The van der Waals surface area contributed by atoms with Crippen molar-refractivity contribution in [3.63, 3.8) is 0 Å². The van der Waals surface area contributed by atoms with Crippen molar-refractivity contribution < 1.29 is 9.13 Å². The molecule has 1 heterocycles. The second-order valence-corrected chi connectivity index (χ2v) is 6.35. The molecule has 1 aliphatic carbocycles. The highest BCUT2D eigenvalue weighted by Gasteiger charge is 2.19. The molecule has 0 spiro atoms. The van der Waals surface area contributed by atoms with Crippen LogP contribution in [0.2, 0.25) is 0 Å². The Kier molecular flexibility index (Phi) is 3.34. The third-order valence-electron chi connectivity index (χ3n) is 4.52. The molecular formula is C20H17FN2O. The highest BCUT2D eigenvalue weighted by Crippen LogP contribution is 2.35. The number of rotatable bonds is 2. The van der Waals surface area contributed by atoms with Crippen LogP contribution in [-0.2, 0) is 6.42 Å². The molecule has 0 bridgehead atoms. The Morgan fingerprint density at radius 2 is 1.83 bits per heavy atom. The number of nitrogens with zero attached hydrogens (tertiary/aromatic N) is 2. The summed E-state index contributed by atoms with van der Waals surface area (Å²) in [6, 6.07) is 7.56. The van der Waals surface area contributed by atoms with Gasteiger partial charge in [0.05, 0.1) is 10.9 Å². The lowest BCUT2D eigenvalue weighted by Crippen LogP contribution is -1.97. The highest BCUT2D eigenvalue weighted by molar-refractivity contribution is 5.85. The van der Waals surface area contributed by atoms with E-state index in [0.29, 0.717) is 11.4 Å². The quantitative estimate of drug-likeness (QED) is 0.656. The van der Waals surface area contributed by atoms with Crippen LogP contribution in [0.15, 0.2) is 36.2 Å². The summed E-state index contributed by atoms with van der Waals surface area (Å²) in [4.78, 5) is 8.49. The maximum atomic E-state index is 14.8. The minimum atomic E-state index is -0.333. The van der Waals surface area contributed by atoms with Crippen LogP contribution >= 0.6 is 0 Å². The standard InChI is InChI=1S/C20H17FN2O/c1-11-6-14-4-5-18(19(21)15(14)7-11)24-20-16-8-12(2)13(3)9-17(16)22-10-23-20/h4-5,7-10H,6H2,1-3H3. The van der Waals surface area contributed by atoms with Gasteiger partial charge in [-0.05, 0) is 62.1 Å². The lowest BCUT2D eigenvalue weighted by molar-refractivity contribution is 0.430. The van der Waals surface area contributed by atoms with E-state index in [1.165, 1.54) is 6.33 Å². The maximum absolute atomic E-state index is 14.8. The number of aromatic nitrogens is 2. The Morgan fingerprint density at radius 1 is 1.04 bits per heavy atom. The van der Waals surface area contributed by atoms with Crippen molar-refractivity contribution >= 4 is 17.0 Å². The van der Waals surface area contributed by atoms with Crippen molar-refractivity contribution in [3.8, 4) is 11.6 Å². The van der Waals surface area contributed by atoms with Crippen LogP contribution < -0.4 is 4.74 Å². The molecule has 0 fully saturated rings. The molecule has 4 heteroatoms. The average Bonchev–Trinajstić information content (AvgIpc) is 2.93. The minimum absolute atomic E-state index is 0.193. The van der Waals surface area contributed by atoms with Crippen molar-refractivity contribution in [1.82, 2.24) is 9.97 Å². The van der Waals surface area contributed by atoms with E-state index in [1.807, 2.05) is 45.0 Å². The summed E-state index contributed by atoms with van der Waals surface area (Å²) in [7, 11) is 0. The third-order valence-corrected chi connectivity index (χ3v) is 4.52. The monoisotopic (exact) mass is 320 g/mol. The van der Waals surface area contributed by atoms with Gasteiger partial charge in [0, 0.05) is 5.56 Å². The number of hydrogen-bond acceptors (Lipinski definition) is 3. The summed E-state index contributed by atoms with van der Waals surface area (Å²) in [6.07, 6.45) is 4.12. The zero-order valence-corrected chi connectivity index (χ0v) is 13.9. The van der Waals surface area contributed by atoms with E-state index in [2.05, 4.69) is 9.97 Å². The van der Waals surface area contributed by atoms with Crippen LogP contribution in [0.5, 0.6) is 11.6 Å². The molecule has 1 aromatic heterocycles. The number of aryl methyl sites for hydroxylation is 2. The molecule has 120 valence electrons. The van der Waals surface area contributed by atoms with Gasteiger partial charge in [-0.3, -0.25) is 0 Å². The van der Waals surface area contributed by atoms with Crippen molar-refractivity contribution in [3.05, 3.63) is 64.2 Å². The van der Waals surface area contributed by atoms with Gasteiger partial charge in [0.1, 0.15) is 6.33 Å². The highest BCUT2D eigenvalue weighted by atomic mass is 19.1. The zero-order valence-electron chi connectivity index (χ0n) is 13.9. The molecule has 0 saturated carbocycles. The van der Waals surface area contributed by atoms with Crippen LogP contribution in [0.1, 0.15) is 29.2 Å². The van der Waals surface area contributed by atoms with E-state index in [0.717, 1.165) is 39.6 Å². The molecule has 0 atom stereocenters. The fourth-order valence-corrected chi connectivity index (χ4v) is 3.08. The van der Waals surface area contributed by atoms with Crippen LogP contribution in [0.25, 0.3) is 17.0 Å². The molecule has 0 radical (unpaired) electrons. The normalized spacial score (nSPS) is 13.1. The van der Waals surface area contributed by atoms with Crippen LogP contribution in [0.3, 0.4) is 0 Å². The fourth-order valence-electron chi connectivity index (χ4n) is 3.08. The number of halogens is 1. The summed E-state index contributed by atoms with van der Waals surface area (Å²) in [5.41, 5.74) is 5.83. The van der Waals surface area contributed by atoms with Gasteiger partial charge in [-0.2, -0.15) is 0 Å². The molecule has 0 unspecified atom stereocenters. The molecular weight excluding hydrogens is 303 g/mol. The van der Waals surface area contributed by atoms with E-state index < -0.39 is 0 Å². The number of allylic oxidation sites excluding steroid dienone is 1. The largest absolute Gasteiger partial charge is 0.435 e. The molecule has 0 amide bonds. The molecule has 0 N–H and O–H groups in total. The molecule has 2 aromatic carbocycles. The molecule has 4 rings (SSSR count). The van der Waals surface area contributed by atoms with E-state index >= 15 is 0 Å². The molecule has 0 saturated heterocycles. The number of fused-ring (bicyclic) bond motifs is 2. The Labute approximate surface area is 139 Å². The first-order valence-electron chi connectivity index (χ1n) is 7.91. The topological polar surface area (TPSA) is 35.0 Å². The van der Waals surface area contributed by atoms with Crippen LogP contribution in [-0.4, -0.2) is 9.97 Å². The summed E-state index contributed by atoms with van der Waals surface area (Å²) < 4.78 is 20.6. The number of hydrogen-bond donors (Lipinski definition) is 0. The van der Waals surface area contributed by atoms with E-state index in [-0.39, 0.29) is 11.6 Å². The fraction of sp³-hybridized carbons (Fsp3) is 0.200. The maximum Gasteiger partial charge on any atom is 0.230 e. The van der Waals surface area contributed by atoms with E-state index in [4.69, 9.17) is 4.74 Å². The minimum Gasteiger partial charge on any atom is -0.435 e. The smallest absolute Gasteiger partial charge is 0.230 e. The second kappa shape index (κ2) is 5.41. The zero-order chi connectivity index (χ0) is 16.8. The Morgan fingerprint density at radius 3 is 2.67 bits per heavy atom. The van der Waals surface area contributed by atoms with Crippen molar-refractivity contribution in [2.45, 2.75) is 27.2 Å². The van der Waals surface area contributed by atoms with Gasteiger partial charge in [0.25, 0.3) is 0 Å².